The van der Waals surface area contributed by atoms with Crippen LogP contribution in [0.15, 0.2) is 30.3 Å². The number of alkyl carbamates (subject to hydrolysis) is 1. The van der Waals surface area contributed by atoms with Gasteiger partial charge in [-0.25, -0.2) is 9.59 Å². The molecule has 0 aliphatic rings. The lowest BCUT2D eigenvalue weighted by atomic mass is 10.0. The molecule has 160 valence electrons. The van der Waals surface area contributed by atoms with Crippen molar-refractivity contribution >= 4 is 23.9 Å². The van der Waals surface area contributed by atoms with Gasteiger partial charge in [0.05, 0.1) is 6.61 Å². The van der Waals surface area contributed by atoms with Crippen LogP contribution >= 0.6 is 0 Å². The number of hydrogen-bond donors (Lipinski definition) is 5. The largest absolute Gasteiger partial charge is 0.480 e. The molecule has 10 heteroatoms. The van der Waals surface area contributed by atoms with E-state index in [0.717, 1.165) is 5.56 Å². The number of aliphatic hydroxyl groups is 1. The van der Waals surface area contributed by atoms with Crippen LogP contribution < -0.4 is 16.0 Å². The summed E-state index contributed by atoms with van der Waals surface area (Å²) < 4.78 is 5.03. The number of carboxylic acid groups (broad SMARTS) is 1. The van der Waals surface area contributed by atoms with E-state index in [-0.39, 0.29) is 6.42 Å². The number of hydrogen-bond acceptors (Lipinski definition) is 6. The predicted octanol–water partition coefficient (Wildman–Crippen LogP) is -0.200. The fourth-order valence-corrected chi connectivity index (χ4v) is 2.23. The topological polar surface area (TPSA) is 154 Å². The lowest BCUT2D eigenvalue weighted by Crippen LogP contribution is -2.54. The zero-order valence-electron chi connectivity index (χ0n) is 16.6. The van der Waals surface area contributed by atoms with Gasteiger partial charge in [-0.2, -0.15) is 0 Å². The van der Waals surface area contributed by atoms with Crippen LogP contribution in [0, 0.1) is 0 Å². The van der Waals surface area contributed by atoms with Crippen molar-refractivity contribution in [3.8, 4) is 0 Å². The SMILES string of the molecule is CC(C)(C)OC(=O)NCC(=O)N[C@@H](Cc1ccccc1)C(=O)N[C@@H](CO)C(=O)O. The van der Waals surface area contributed by atoms with Gasteiger partial charge in [-0.3, -0.25) is 9.59 Å². The Labute approximate surface area is 168 Å². The van der Waals surface area contributed by atoms with Crippen molar-refractivity contribution in [2.75, 3.05) is 13.2 Å². The Bertz CT molecular complexity index is 716. The Morgan fingerprint density at radius 3 is 2.17 bits per heavy atom. The van der Waals surface area contributed by atoms with Gasteiger partial charge in [-0.05, 0) is 26.3 Å². The molecule has 0 saturated carbocycles. The Hall–Kier alpha value is -3.14. The first-order chi connectivity index (χ1) is 13.5. The van der Waals surface area contributed by atoms with E-state index in [1.807, 2.05) is 0 Å². The monoisotopic (exact) mass is 409 g/mol. The van der Waals surface area contributed by atoms with Gasteiger partial charge in [0.15, 0.2) is 0 Å². The second-order valence-corrected chi connectivity index (χ2v) is 7.25. The number of amides is 3. The summed E-state index contributed by atoms with van der Waals surface area (Å²) in [5.74, 6) is -2.85. The van der Waals surface area contributed by atoms with E-state index in [4.69, 9.17) is 14.9 Å². The predicted molar refractivity (Wildman–Crippen MR) is 103 cm³/mol. The Morgan fingerprint density at radius 2 is 1.66 bits per heavy atom. The smallest absolute Gasteiger partial charge is 0.408 e. The maximum absolute atomic E-state index is 12.5. The van der Waals surface area contributed by atoms with Crippen LogP contribution in [0.1, 0.15) is 26.3 Å². The summed E-state index contributed by atoms with van der Waals surface area (Å²) in [7, 11) is 0. The zero-order chi connectivity index (χ0) is 22.0. The molecule has 0 bridgehead atoms. The zero-order valence-corrected chi connectivity index (χ0v) is 16.6. The van der Waals surface area contributed by atoms with Gasteiger partial charge < -0.3 is 30.9 Å². The number of aliphatic carboxylic acids is 1. The van der Waals surface area contributed by atoms with Gasteiger partial charge in [0.2, 0.25) is 11.8 Å². The van der Waals surface area contributed by atoms with Gasteiger partial charge in [0.25, 0.3) is 0 Å². The third-order valence-corrected chi connectivity index (χ3v) is 3.52. The Morgan fingerprint density at radius 1 is 1.03 bits per heavy atom. The molecule has 1 rings (SSSR count). The molecule has 0 aromatic heterocycles. The molecule has 0 aliphatic heterocycles. The number of carbonyl (C=O) groups is 4. The summed E-state index contributed by atoms with van der Waals surface area (Å²) in [6.45, 7) is 3.79. The molecule has 3 amide bonds. The van der Waals surface area contributed by atoms with Crippen LogP contribution in [0.5, 0.6) is 0 Å². The molecule has 0 heterocycles. The van der Waals surface area contributed by atoms with E-state index in [1.165, 1.54) is 0 Å². The Balaban J connectivity index is 2.77. The van der Waals surface area contributed by atoms with Crippen LogP contribution in [0.25, 0.3) is 0 Å². The molecule has 0 saturated heterocycles. The molecule has 1 aromatic carbocycles. The van der Waals surface area contributed by atoms with E-state index in [2.05, 4.69) is 16.0 Å². The summed E-state index contributed by atoms with van der Waals surface area (Å²) in [4.78, 5) is 47.3. The fraction of sp³-hybridized carbons (Fsp3) is 0.474. The second kappa shape index (κ2) is 11.0. The first-order valence-electron chi connectivity index (χ1n) is 8.96. The number of aliphatic hydroxyl groups excluding tert-OH is 1. The first kappa shape index (κ1) is 23.9. The highest BCUT2D eigenvalue weighted by atomic mass is 16.6. The van der Waals surface area contributed by atoms with Crippen LogP contribution in [0.3, 0.4) is 0 Å². The Kier molecular flexibility index (Phi) is 9.07. The molecule has 10 nitrogen and oxygen atoms in total. The summed E-state index contributed by atoms with van der Waals surface area (Å²) in [5.41, 5.74) is -0.00388. The van der Waals surface area contributed by atoms with Crippen molar-refractivity contribution in [3.05, 3.63) is 35.9 Å². The summed E-state index contributed by atoms with van der Waals surface area (Å²) in [5, 5.41) is 25.0. The van der Waals surface area contributed by atoms with Crippen LogP contribution in [0.2, 0.25) is 0 Å². The number of carbonyl (C=O) groups excluding carboxylic acids is 3. The van der Waals surface area contributed by atoms with Gasteiger partial charge in [0.1, 0.15) is 24.2 Å². The highest BCUT2D eigenvalue weighted by molar-refractivity contribution is 5.91. The second-order valence-electron chi connectivity index (χ2n) is 7.25. The van der Waals surface area contributed by atoms with Crippen LogP contribution in [-0.2, 0) is 25.5 Å². The number of benzene rings is 1. The van der Waals surface area contributed by atoms with Crippen molar-refractivity contribution in [1.29, 1.82) is 0 Å². The maximum Gasteiger partial charge on any atom is 0.408 e. The molecule has 0 unspecified atom stereocenters. The average Bonchev–Trinajstić information content (AvgIpc) is 2.63. The number of nitrogens with one attached hydrogen (secondary N) is 3. The van der Waals surface area contributed by atoms with E-state index < -0.39 is 54.7 Å². The van der Waals surface area contributed by atoms with Gasteiger partial charge >= 0.3 is 12.1 Å². The molecular weight excluding hydrogens is 382 g/mol. The summed E-state index contributed by atoms with van der Waals surface area (Å²) >= 11 is 0. The van der Waals surface area contributed by atoms with Gasteiger partial charge in [-0.1, -0.05) is 30.3 Å². The van der Waals surface area contributed by atoms with Crippen LogP contribution in [0.4, 0.5) is 4.79 Å². The summed E-state index contributed by atoms with van der Waals surface area (Å²) in [6.07, 6.45) is -0.703. The molecule has 0 spiro atoms. The highest BCUT2D eigenvalue weighted by Crippen LogP contribution is 2.06. The third kappa shape index (κ3) is 9.56. The molecule has 0 aliphatic carbocycles. The number of ether oxygens (including phenoxy) is 1. The van der Waals surface area contributed by atoms with Crippen molar-refractivity contribution in [2.24, 2.45) is 0 Å². The van der Waals surface area contributed by atoms with Crippen LogP contribution in [-0.4, -0.2) is 64.9 Å². The number of carboxylic acids is 1. The maximum atomic E-state index is 12.5. The average molecular weight is 409 g/mol. The molecular formula is C19H27N3O7. The van der Waals surface area contributed by atoms with E-state index in [0.29, 0.717) is 0 Å². The van der Waals surface area contributed by atoms with Crippen molar-refractivity contribution < 1.29 is 34.1 Å². The minimum atomic E-state index is -1.50. The van der Waals surface area contributed by atoms with E-state index in [9.17, 15) is 19.2 Å². The van der Waals surface area contributed by atoms with Crippen molar-refractivity contribution in [1.82, 2.24) is 16.0 Å². The normalized spacial score (nSPS) is 13.0. The van der Waals surface area contributed by atoms with Crippen molar-refractivity contribution in [2.45, 2.75) is 44.9 Å². The lowest BCUT2D eigenvalue weighted by molar-refractivity contribution is -0.143. The molecule has 1 aromatic rings. The first-order valence-corrected chi connectivity index (χ1v) is 8.96. The van der Waals surface area contributed by atoms with E-state index >= 15 is 0 Å². The summed E-state index contributed by atoms with van der Waals surface area (Å²) in [6, 6.07) is 6.16. The molecule has 0 radical (unpaired) electrons. The molecule has 29 heavy (non-hydrogen) atoms. The standard InChI is InChI=1S/C19H27N3O7/c1-19(2,3)29-18(28)20-10-15(24)21-13(9-12-7-5-4-6-8-12)16(25)22-14(11-23)17(26)27/h4-8,13-14,23H,9-11H2,1-3H3,(H,20,28)(H,21,24)(H,22,25)(H,26,27)/t13-,14-/m0/s1. The molecule has 2 atom stereocenters. The molecule has 5 N–H and O–H groups in total. The minimum Gasteiger partial charge on any atom is -0.480 e. The fourth-order valence-electron chi connectivity index (χ4n) is 2.23. The van der Waals surface area contributed by atoms with Crippen molar-refractivity contribution in [3.63, 3.8) is 0 Å². The number of rotatable bonds is 9. The molecule has 0 fully saturated rings. The lowest BCUT2D eigenvalue weighted by Gasteiger charge is -2.22. The quantitative estimate of drug-likeness (QED) is 0.378. The van der Waals surface area contributed by atoms with Gasteiger partial charge in [-0.15, -0.1) is 0 Å². The minimum absolute atomic E-state index is 0.0859. The van der Waals surface area contributed by atoms with Gasteiger partial charge in [0, 0.05) is 6.42 Å². The van der Waals surface area contributed by atoms with E-state index in [1.54, 1.807) is 51.1 Å². The third-order valence-electron chi connectivity index (χ3n) is 3.52. The highest BCUT2D eigenvalue weighted by Gasteiger charge is 2.26.